The highest BCUT2D eigenvalue weighted by Gasteiger charge is 2.00. The van der Waals surface area contributed by atoms with Gasteiger partial charge in [0, 0.05) is 38.5 Å². The van der Waals surface area contributed by atoms with E-state index in [9.17, 15) is 0 Å². The van der Waals surface area contributed by atoms with Gasteiger partial charge >= 0.3 is 0 Å². The van der Waals surface area contributed by atoms with Crippen molar-refractivity contribution in [2.75, 3.05) is 33.4 Å². The Balaban J connectivity index is 2.06. The van der Waals surface area contributed by atoms with E-state index >= 15 is 0 Å². The zero-order valence-electron chi connectivity index (χ0n) is 13.6. The first-order chi connectivity index (χ1) is 10.1. The molecule has 6 heteroatoms. The highest BCUT2D eigenvalue weighted by Crippen LogP contribution is 2.07. The normalized spacial score (nSPS) is 12.0. The third-order valence-corrected chi connectivity index (χ3v) is 3.76. The van der Waals surface area contributed by atoms with Crippen LogP contribution in [0.3, 0.4) is 0 Å². The molecule has 2 N–H and O–H groups in total. The molecule has 120 valence electrons. The highest BCUT2D eigenvalue weighted by atomic mass is 32.1. The van der Waals surface area contributed by atoms with Crippen LogP contribution in [0.15, 0.2) is 10.4 Å². The second-order valence-corrected chi connectivity index (χ2v) is 6.39. The number of hydrogen-bond donors (Lipinski definition) is 2. The van der Waals surface area contributed by atoms with E-state index in [1.54, 1.807) is 18.4 Å². The summed E-state index contributed by atoms with van der Waals surface area (Å²) >= 11 is 1.69. The van der Waals surface area contributed by atoms with Crippen molar-refractivity contribution in [3.05, 3.63) is 16.1 Å². The molecule has 0 unspecified atom stereocenters. The Hall–Kier alpha value is -1.14. The lowest BCUT2D eigenvalue weighted by Gasteiger charge is -2.12. The second-order valence-electron chi connectivity index (χ2n) is 5.33. The van der Waals surface area contributed by atoms with Gasteiger partial charge in [0.2, 0.25) is 0 Å². The zero-order chi connectivity index (χ0) is 15.5. The molecule has 0 bridgehead atoms. The lowest BCUT2D eigenvalue weighted by atomic mass is 10.1. The predicted octanol–water partition coefficient (Wildman–Crippen LogP) is 2.22. The van der Waals surface area contributed by atoms with E-state index in [-0.39, 0.29) is 0 Å². The number of aliphatic imine (C=N–C) groups is 1. The fourth-order valence-corrected chi connectivity index (χ4v) is 2.36. The molecular formula is C15H28N4OS. The first-order valence-electron chi connectivity index (χ1n) is 7.55. The van der Waals surface area contributed by atoms with Crippen LogP contribution in [-0.4, -0.2) is 44.3 Å². The maximum Gasteiger partial charge on any atom is 0.191 e. The number of rotatable bonds is 9. The number of guanidine groups is 1. The van der Waals surface area contributed by atoms with Gasteiger partial charge < -0.3 is 15.4 Å². The smallest absolute Gasteiger partial charge is 0.191 e. The Kier molecular flexibility index (Phi) is 9.01. The molecule has 0 aliphatic heterocycles. The first-order valence-corrected chi connectivity index (χ1v) is 8.43. The van der Waals surface area contributed by atoms with Crippen molar-refractivity contribution < 1.29 is 4.74 Å². The van der Waals surface area contributed by atoms with Gasteiger partial charge in [0.1, 0.15) is 0 Å². The van der Waals surface area contributed by atoms with E-state index in [0.29, 0.717) is 12.5 Å². The number of nitrogens with one attached hydrogen (secondary N) is 2. The van der Waals surface area contributed by atoms with Crippen molar-refractivity contribution in [1.82, 2.24) is 15.6 Å². The van der Waals surface area contributed by atoms with Crippen molar-refractivity contribution in [3.8, 4) is 0 Å². The predicted molar refractivity (Wildman–Crippen MR) is 90.2 cm³/mol. The molecule has 0 saturated carbocycles. The zero-order valence-corrected chi connectivity index (χ0v) is 14.4. The van der Waals surface area contributed by atoms with E-state index in [0.717, 1.165) is 49.2 Å². The summed E-state index contributed by atoms with van der Waals surface area (Å²) in [5, 5.41) is 9.75. The fourth-order valence-electron chi connectivity index (χ4n) is 1.72. The van der Waals surface area contributed by atoms with Crippen molar-refractivity contribution >= 4 is 17.3 Å². The lowest BCUT2D eigenvalue weighted by Crippen LogP contribution is -2.39. The minimum Gasteiger partial charge on any atom is -0.380 e. The van der Waals surface area contributed by atoms with Crippen LogP contribution >= 0.6 is 11.3 Å². The summed E-state index contributed by atoms with van der Waals surface area (Å²) in [6.45, 7) is 9.58. The van der Waals surface area contributed by atoms with Crippen LogP contribution in [0.25, 0.3) is 0 Å². The minimum absolute atomic E-state index is 0.696. The molecule has 1 aromatic heterocycles. The fraction of sp³-hybridized carbons (Fsp3) is 0.733. The van der Waals surface area contributed by atoms with E-state index in [4.69, 9.17) is 4.74 Å². The average Bonchev–Trinajstić information content (AvgIpc) is 2.86. The summed E-state index contributed by atoms with van der Waals surface area (Å²) in [4.78, 5) is 8.63. The number of hydrogen-bond acceptors (Lipinski definition) is 4. The van der Waals surface area contributed by atoms with Crippen molar-refractivity contribution in [2.24, 2.45) is 10.9 Å². The Morgan fingerprint density at radius 1 is 1.33 bits per heavy atom. The summed E-state index contributed by atoms with van der Waals surface area (Å²) in [7, 11) is 1.78. The molecule has 21 heavy (non-hydrogen) atoms. The van der Waals surface area contributed by atoms with Crippen LogP contribution in [-0.2, 0) is 11.2 Å². The first kappa shape index (κ1) is 17.9. The summed E-state index contributed by atoms with van der Waals surface area (Å²) < 4.78 is 5.56. The molecule has 0 aliphatic carbocycles. The van der Waals surface area contributed by atoms with Gasteiger partial charge in [-0.15, -0.1) is 11.3 Å². The Morgan fingerprint density at radius 2 is 2.10 bits per heavy atom. The molecule has 0 fully saturated rings. The molecule has 0 radical (unpaired) electrons. The number of aryl methyl sites for hydroxylation is 1. The van der Waals surface area contributed by atoms with Gasteiger partial charge in [-0.3, -0.25) is 4.99 Å². The van der Waals surface area contributed by atoms with Crippen LogP contribution in [0.1, 0.15) is 31.0 Å². The van der Waals surface area contributed by atoms with Gasteiger partial charge in [-0.25, -0.2) is 4.98 Å². The van der Waals surface area contributed by atoms with Gasteiger partial charge in [0.05, 0.1) is 17.3 Å². The molecule has 0 atom stereocenters. The molecular weight excluding hydrogens is 284 g/mol. The average molecular weight is 312 g/mol. The third-order valence-electron chi connectivity index (χ3n) is 2.94. The number of thiazole rings is 1. The Labute approximate surface area is 132 Å². The highest BCUT2D eigenvalue weighted by molar-refractivity contribution is 7.09. The van der Waals surface area contributed by atoms with Crippen LogP contribution < -0.4 is 10.6 Å². The van der Waals surface area contributed by atoms with Gasteiger partial charge in [-0.05, 0) is 19.3 Å². The molecule has 1 rings (SSSR count). The van der Waals surface area contributed by atoms with Gasteiger partial charge in [-0.2, -0.15) is 0 Å². The van der Waals surface area contributed by atoms with Crippen LogP contribution in [0.5, 0.6) is 0 Å². The summed E-state index contributed by atoms with van der Waals surface area (Å²) in [6.07, 6.45) is 2.02. The van der Waals surface area contributed by atoms with Crippen molar-refractivity contribution in [1.29, 1.82) is 0 Å². The number of ether oxygens (including phenoxy) is 1. The molecule has 1 aromatic rings. The molecule has 0 saturated heterocycles. The molecule has 0 spiro atoms. The molecule has 1 heterocycles. The maximum absolute atomic E-state index is 5.56. The summed E-state index contributed by atoms with van der Waals surface area (Å²) in [5.74, 6) is 1.51. The SMILES string of the molecule is CN=C(NCCOCCC(C)C)NCCc1csc(C)n1. The van der Waals surface area contributed by atoms with Gasteiger partial charge in [0.25, 0.3) is 0 Å². The quantitative estimate of drug-likeness (QED) is 0.417. The molecule has 0 aromatic carbocycles. The lowest BCUT2D eigenvalue weighted by molar-refractivity contribution is 0.128. The molecule has 0 amide bonds. The number of aromatic nitrogens is 1. The van der Waals surface area contributed by atoms with E-state index < -0.39 is 0 Å². The van der Waals surface area contributed by atoms with Crippen LogP contribution in [0.2, 0.25) is 0 Å². The minimum atomic E-state index is 0.696. The maximum atomic E-state index is 5.56. The van der Waals surface area contributed by atoms with E-state index in [1.807, 2.05) is 6.92 Å². The largest absolute Gasteiger partial charge is 0.380 e. The molecule has 0 aliphatic rings. The van der Waals surface area contributed by atoms with E-state index in [2.05, 4.69) is 39.8 Å². The van der Waals surface area contributed by atoms with Gasteiger partial charge in [-0.1, -0.05) is 13.8 Å². The standard InChI is InChI=1S/C15H28N4OS/c1-12(2)6-9-20-10-8-18-15(16-4)17-7-5-14-11-21-13(3)19-14/h11-12H,5-10H2,1-4H3,(H2,16,17,18). The summed E-state index contributed by atoms with van der Waals surface area (Å²) in [5.41, 5.74) is 1.14. The Morgan fingerprint density at radius 3 is 2.71 bits per heavy atom. The van der Waals surface area contributed by atoms with Crippen molar-refractivity contribution in [3.63, 3.8) is 0 Å². The topological polar surface area (TPSA) is 58.5 Å². The van der Waals surface area contributed by atoms with Crippen molar-refractivity contribution in [2.45, 2.75) is 33.6 Å². The molecule has 5 nitrogen and oxygen atoms in total. The summed E-state index contributed by atoms with van der Waals surface area (Å²) in [6, 6.07) is 0. The van der Waals surface area contributed by atoms with Gasteiger partial charge in [0.15, 0.2) is 5.96 Å². The van der Waals surface area contributed by atoms with E-state index in [1.165, 1.54) is 0 Å². The Bertz CT molecular complexity index is 418. The second kappa shape index (κ2) is 10.6. The van der Waals surface area contributed by atoms with Crippen LogP contribution in [0.4, 0.5) is 0 Å². The monoisotopic (exact) mass is 312 g/mol. The third kappa shape index (κ3) is 8.67. The number of nitrogens with zero attached hydrogens (tertiary/aromatic N) is 2. The van der Waals surface area contributed by atoms with Crippen LogP contribution in [0, 0.1) is 12.8 Å².